The average molecular weight is 494 g/mol. The second kappa shape index (κ2) is 10.3. The number of likely N-dealkylation sites (N-methyl/N-ethyl adjacent to an activating group) is 1. The van der Waals surface area contributed by atoms with E-state index in [1.807, 2.05) is 36.1 Å². The van der Waals surface area contributed by atoms with Gasteiger partial charge in [0.25, 0.3) is 0 Å². The first-order chi connectivity index (χ1) is 15.9. The Morgan fingerprint density at radius 3 is 2.42 bits per heavy atom. The molecule has 2 aliphatic rings. The Hall–Kier alpha value is -2.33. The van der Waals surface area contributed by atoms with Crippen molar-refractivity contribution in [3.05, 3.63) is 53.6 Å². The molecule has 1 amide bonds. The van der Waals surface area contributed by atoms with Crippen LogP contribution < -0.4 is 9.47 Å². The number of carbonyl (C=O) groups excluding carboxylic acids is 1. The summed E-state index contributed by atoms with van der Waals surface area (Å²) in [7, 11) is -3.69. The van der Waals surface area contributed by atoms with Crippen LogP contribution in [0, 0.1) is 0 Å². The third-order valence-corrected chi connectivity index (χ3v) is 8.28. The summed E-state index contributed by atoms with van der Waals surface area (Å²) in [6, 6.07) is 14.0. The highest BCUT2D eigenvalue weighted by Crippen LogP contribution is 2.31. The van der Waals surface area contributed by atoms with Gasteiger partial charge in [-0.25, -0.2) is 8.42 Å². The average Bonchev–Trinajstić information content (AvgIpc) is 2.83. The van der Waals surface area contributed by atoms with Crippen molar-refractivity contribution < 1.29 is 22.7 Å². The molecule has 0 saturated carbocycles. The normalized spacial score (nSPS) is 19.0. The minimum atomic E-state index is -3.69. The largest absolute Gasteiger partial charge is 0.486 e. The summed E-state index contributed by atoms with van der Waals surface area (Å²) in [4.78, 5) is 16.8. The fourth-order valence-electron chi connectivity index (χ4n) is 4.01. The topological polar surface area (TPSA) is 79.4 Å². The summed E-state index contributed by atoms with van der Waals surface area (Å²) in [6.07, 6.45) is -0.162. The lowest BCUT2D eigenvalue weighted by molar-refractivity contribution is -0.133. The zero-order valence-corrected chi connectivity index (χ0v) is 20.1. The number of halogens is 1. The van der Waals surface area contributed by atoms with Crippen LogP contribution in [0.3, 0.4) is 0 Å². The van der Waals surface area contributed by atoms with E-state index < -0.39 is 10.0 Å². The number of piperazine rings is 1. The van der Waals surface area contributed by atoms with Gasteiger partial charge < -0.3 is 14.4 Å². The van der Waals surface area contributed by atoms with Crippen LogP contribution in [0.4, 0.5) is 0 Å². The molecule has 33 heavy (non-hydrogen) atoms. The van der Waals surface area contributed by atoms with Crippen molar-refractivity contribution in [3.63, 3.8) is 0 Å². The van der Waals surface area contributed by atoms with Gasteiger partial charge in [-0.3, -0.25) is 9.69 Å². The van der Waals surface area contributed by atoms with Crippen molar-refractivity contribution in [3.8, 4) is 11.5 Å². The summed E-state index contributed by atoms with van der Waals surface area (Å²) >= 11 is 6.09. The highest BCUT2D eigenvalue weighted by atomic mass is 35.5. The third kappa shape index (κ3) is 5.43. The standard InChI is InChI=1S/C23H28ClN3O5S/c1-2-25(15-18-17-31-20-8-4-5-9-21(20)32-18)16-23(28)26-11-13-27(14-12-26)33(29,30)22-10-6-3-7-19(22)24/h3-10,18H,2,11-17H2,1H3/t18-/m0/s1. The summed E-state index contributed by atoms with van der Waals surface area (Å²) in [5.74, 6) is 1.42. The Morgan fingerprint density at radius 2 is 1.73 bits per heavy atom. The van der Waals surface area contributed by atoms with E-state index in [9.17, 15) is 13.2 Å². The number of fused-ring (bicyclic) bond motifs is 1. The molecule has 2 aromatic rings. The number of hydrogen-bond acceptors (Lipinski definition) is 6. The first kappa shape index (κ1) is 23.8. The molecule has 2 aromatic carbocycles. The second-order valence-corrected chi connectivity index (χ2v) is 10.4. The van der Waals surface area contributed by atoms with E-state index >= 15 is 0 Å². The molecule has 0 aromatic heterocycles. The minimum absolute atomic E-state index is 0.0243. The van der Waals surface area contributed by atoms with Gasteiger partial charge >= 0.3 is 0 Å². The molecule has 0 radical (unpaired) electrons. The third-order valence-electron chi connectivity index (χ3n) is 5.88. The van der Waals surface area contributed by atoms with Gasteiger partial charge in [-0.1, -0.05) is 42.8 Å². The molecule has 0 unspecified atom stereocenters. The number of carbonyl (C=O) groups is 1. The van der Waals surface area contributed by atoms with Gasteiger partial charge in [0.2, 0.25) is 15.9 Å². The molecule has 2 heterocycles. The van der Waals surface area contributed by atoms with Crippen molar-refractivity contribution in [2.24, 2.45) is 0 Å². The van der Waals surface area contributed by atoms with Gasteiger partial charge in [0.1, 0.15) is 17.6 Å². The van der Waals surface area contributed by atoms with Crippen LogP contribution in [0.15, 0.2) is 53.4 Å². The molecule has 10 heteroatoms. The van der Waals surface area contributed by atoms with Gasteiger partial charge in [0.15, 0.2) is 11.5 Å². The number of ether oxygens (including phenoxy) is 2. The van der Waals surface area contributed by atoms with Crippen LogP contribution >= 0.6 is 11.6 Å². The lowest BCUT2D eigenvalue weighted by Crippen LogP contribution is -2.53. The summed E-state index contributed by atoms with van der Waals surface area (Å²) in [5.41, 5.74) is 0. The van der Waals surface area contributed by atoms with Crippen LogP contribution in [-0.2, 0) is 14.8 Å². The fourth-order valence-corrected chi connectivity index (χ4v) is 5.92. The van der Waals surface area contributed by atoms with E-state index in [1.54, 1.807) is 23.1 Å². The molecule has 1 fully saturated rings. The number of amides is 1. The number of nitrogens with zero attached hydrogens (tertiary/aromatic N) is 3. The Balaban J connectivity index is 1.30. The van der Waals surface area contributed by atoms with Gasteiger partial charge in [-0.05, 0) is 30.8 Å². The predicted octanol–water partition coefficient (Wildman–Crippen LogP) is 2.33. The van der Waals surface area contributed by atoms with Crippen molar-refractivity contribution in [2.45, 2.75) is 17.9 Å². The number of hydrogen-bond donors (Lipinski definition) is 0. The van der Waals surface area contributed by atoms with Crippen molar-refractivity contribution in [1.82, 2.24) is 14.1 Å². The lowest BCUT2D eigenvalue weighted by atomic mass is 10.2. The van der Waals surface area contributed by atoms with E-state index in [0.717, 1.165) is 5.75 Å². The van der Waals surface area contributed by atoms with Crippen molar-refractivity contribution >= 4 is 27.5 Å². The van der Waals surface area contributed by atoms with E-state index in [0.29, 0.717) is 38.5 Å². The summed E-state index contributed by atoms with van der Waals surface area (Å²) in [5, 5.41) is 0.200. The Labute approximate surface area is 199 Å². The number of para-hydroxylation sites is 2. The molecule has 0 N–H and O–H groups in total. The van der Waals surface area contributed by atoms with E-state index in [4.69, 9.17) is 21.1 Å². The maximum atomic E-state index is 12.9. The van der Waals surface area contributed by atoms with E-state index in [1.165, 1.54) is 10.4 Å². The number of benzene rings is 2. The molecule has 1 saturated heterocycles. The van der Waals surface area contributed by atoms with Crippen LogP contribution in [0.2, 0.25) is 5.02 Å². The van der Waals surface area contributed by atoms with Gasteiger partial charge in [-0.15, -0.1) is 0 Å². The predicted molar refractivity (Wildman–Crippen MR) is 125 cm³/mol. The van der Waals surface area contributed by atoms with E-state index in [2.05, 4.69) is 0 Å². The SMILES string of the molecule is CCN(CC(=O)N1CCN(S(=O)(=O)c2ccccc2Cl)CC1)C[C@H]1COc2ccccc2O1. The van der Waals surface area contributed by atoms with Gasteiger partial charge in [0.05, 0.1) is 11.6 Å². The number of sulfonamides is 1. The highest BCUT2D eigenvalue weighted by molar-refractivity contribution is 7.89. The highest BCUT2D eigenvalue weighted by Gasteiger charge is 2.32. The zero-order chi connectivity index (χ0) is 23.4. The van der Waals surface area contributed by atoms with Gasteiger partial charge in [-0.2, -0.15) is 4.31 Å². The maximum Gasteiger partial charge on any atom is 0.244 e. The Morgan fingerprint density at radius 1 is 1.06 bits per heavy atom. The fraction of sp³-hybridized carbons (Fsp3) is 0.435. The summed E-state index contributed by atoms with van der Waals surface area (Å²) in [6.45, 7) is 5.09. The Bertz CT molecular complexity index is 1090. The molecule has 1 atom stereocenters. The first-order valence-corrected chi connectivity index (χ1v) is 12.8. The molecule has 178 valence electrons. The molecule has 0 aliphatic carbocycles. The lowest BCUT2D eigenvalue weighted by Gasteiger charge is -2.36. The van der Waals surface area contributed by atoms with Crippen LogP contribution in [0.1, 0.15) is 6.92 Å². The molecule has 2 aliphatic heterocycles. The van der Waals surface area contributed by atoms with Crippen LogP contribution in [0.5, 0.6) is 11.5 Å². The van der Waals surface area contributed by atoms with Crippen molar-refractivity contribution in [1.29, 1.82) is 0 Å². The summed E-state index contributed by atoms with van der Waals surface area (Å²) < 4.78 is 39.0. The first-order valence-electron chi connectivity index (χ1n) is 11.0. The van der Waals surface area contributed by atoms with E-state index in [-0.39, 0.29) is 41.6 Å². The molecular weight excluding hydrogens is 466 g/mol. The maximum absolute atomic E-state index is 12.9. The smallest absolute Gasteiger partial charge is 0.244 e. The molecular formula is C23H28ClN3O5S. The minimum Gasteiger partial charge on any atom is -0.486 e. The monoisotopic (exact) mass is 493 g/mol. The number of rotatable bonds is 7. The van der Waals surface area contributed by atoms with Crippen molar-refractivity contribution in [2.75, 3.05) is 52.4 Å². The van der Waals surface area contributed by atoms with Crippen LogP contribution in [0.25, 0.3) is 0 Å². The molecule has 0 spiro atoms. The quantitative estimate of drug-likeness (QED) is 0.589. The second-order valence-electron chi connectivity index (χ2n) is 8.04. The van der Waals surface area contributed by atoms with Crippen LogP contribution in [-0.4, -0.2) is 87.0 Å². The zero-order valence-electron chi connectivity index (χ0n) is 18.5. The molecule has 4 rings (SSSR count). The Kier molecular flexibility index (Phi) is 7.43. The molecule has 0 bridgehead atoms. The van der Waals surface area contributed by atoms with Gasteiger partial charge in [0, 0.05) is 32.7 Å². The molecule has 8 nitrogen and oxygen atoms in total.